The topological polar surface area (TPSA) is 84.8 Å². The molecular formula is C26H33N5O2. The number of β-amino-alcohol motifs (C(OH)–C–C–N with tert-alkyl or cyclic N) is 1. The zero-order valence-electron chi connectivity index (χ0n) is 19.2. The Morgan fingerprint density at radius 3 is 2.36 bits per heavy atom. The first-order valence-corrected chi connectivity index (χ1v) is 11.9. The summed E-state index contributed by atoms with van der Waals surface area (Å²) in [5, 5.41) is 25.7. The van der Waals surface area contributed by atoms with Crippen LogP contribution in [0.25, 0.3) is 11.0 Å². The van der Waals surface area contributed by atoms with Crippen LogP contribution in [0.2, 0.25) is 0 Å². The monoisotopic (exact) mass is 447 g/mol. The second-order valence-corrected chi connectivity index (χ2v) is 9.70. The van der Waals surface area contributed by atoms with Gasteiger partial charge in [0.1, 0.15) is 5.52 Å². The van der Waals surface area contributed by atoms with Crippen LogP contribution >= 0.6 is 0 Å². The summed E-state index contributed by atoms with van der Waals surface area (Å²) in [6, 6.07) is 14.2. The van der Waals surface area contributed by atoms with Crippen LogP contribution < -0.4 is 15.1 Å². The highest BCUT2D eigenvalue weighted by molar-refractivity contribution is 5.87. The number of fused-ring (bicyclic) bond motifs is 1. The predicted molar refractivity (Wildman–Crippen MR) is 132 cm³/mol. The molecule has 5 rings (SSSR count). The molecule has 0 radical (unpaired) electrons. The molecule has 2 saturated heterocycles. The van der Waals surface area contributed by atoms with E-state index >= 15 is 0 Å². The Labute approximate surface area is 195 Å². The molecule has 0 bridgehead atoms. The van der Waals surface area contributed by atoms with Gasteiger partial charge in [-0.2, -0.15) is 0 Å². The number of aliphatic hydroxyl groups is 2. The van der Waals surface area contributed by atoms with Gasteiger partial charge in [-0.3, -0.25) is 9.97 Å². The minimum absolute atomic E-state index is 0.462. The summed E-state index contributed by atoms with van der Waals surface area (Å²) in [6.07, 6.45) is 5.69. The summed E-state index contributed by atoms with van der Waals surface area (Å²) in [6.45, 7) is 6.07. The molecule has 3 N–H and O–H groups in total. The van der Waals surface area contributed by atoms with Gasteiger partial charge in [-0.05, 0) is 56.0 Å². The zero-order chi connectivity index (χ0) is 22.9. The number of aryl methyl sites for hydroxylation is 1. The summed E-state index contributed by atoms with van der Waals surface area (Å²) in [5.41, 5.74) is 3.70. The van der Waals surface area contributed by atoms with Crippen molar-refractivity contribution in [3.63, 3.8) is 0 Å². The molecule has 7 nitrogen and oxygen atoms in total. The van der Waals surface area contributed by atoms with Crippen LogP contribution in [0.4, 0.5) is 11.4 Å². The summed E-state index contributed by atoms with van der Waals surface area (Å²) < 4.78 is 0. The number of nitrogens with one attached hydrogen (secondary N) is 1. The quantitative estimate of drug-likeness (QED) is 0.535. The number of piperidine rings is 1. The van der Waals surface area contributed by atoms with Gasteiger partial charge in [-0.15, -0.1) is 0 Å². The van der Waals surface area contributed by atoms with Crippen molar-refractivity contribution >= 4 is 22.4 Å². The second kappa shape index (κ2) is 8.89. The molecule has 0 unspecified atom stereocenters. The Kier molecular flexibility index (Phi) is 5.95. The fourth-order valence-electron chi connectivity index (χ4n) is 5.21. The van der Waals surface area contributed by atoms with E-state index in [-0.39, 0.29) is 0 Å². The molecule has 0 amide bonds. The molecule has 0 spiro atoms. The molecule has 0 aliphatic carbocycles. The van der Waals surface area contributed by atoms with Crippen LogP contribution in [0.1, 0.15) is 24.8 Å². The Morgan fingerprint density at radius 2 is 1.55 bits per heavy atom. The Balaban J connectivity index is 1.15. The van der Waals surface area contributed by atoms with E-state index in [1.165, 1.54) is 11.3 Å². The molecule has 7 heteroatoms. The molecule has 33 heavy (non-hydrogen) atoms. The average Bonchev–Trinajstić information content (AvgIpc) is 3.21. The van der Waals surface area contributed by atoms with Crippen LogP contribution in [0, 0.1) is 6.92 Å². The average molecular weight is 448 g/mol. The Morgan fingerprint density at radius 1 is 0.818 bits per heavy atom. The lowest BCUT2D eigenvalue weighted by molar-refractivity contribution is 0.00640. The van der Waals surface area contributed by atoms with Crippen molar-refractivity contribution in [1.29, 1.82) is 0 Å². The van der Waals surface area contributed by atoms with Gasteiger partial charge in [0, 0.05) is 57.3 Å². The Bertz CT molecular complexity index is 1110. The summed E-state index contributed by atoms with van der Waals surface area (Å²) in [4.78, 5) is 13.4. The maximum absolute atomic E-state index is 11.2. The van der Waals surface area contributed by atoms with E-state index in [9.17, 15) is 10.2 Å². The summed E-state index contributed by atoms with van der Waals surface area (Å²) >= 11 is 0. The van der Waals surface area contributed by atoms with Gasteiger partial charge < -0.3 is 25.3 Å². The summed E-state index contributed by atoms with van der Waals surface area (Å²) in [5.74, 6) is 0. The number of nitrogens with zero attached hydrogens (tertiary/aromatic N) is 4. The molecule has 174 valence electrons. The number of hydrogen-bond donors (Lipinski definition) is 3. The lowest BCUT2D eigenvalue weighted by atomic mass is 9.90. The van der Waals surface area contributed by atoms with Gasteiger partial charge in [0.2, 0.25) is 0 Å². The van der Waals surface area contributed by atoms with Gasteiger partial charge in [0.05, 0.1) is 22.4 Å². The smallest absolute Gasteiger partial charge is 0.112 e. The van der Waals surface area contributed by atoms with Crippen molar-refractivity contribution in [2.75, 3.05) is 49.1 Å². The van der Waals surface area contributed by atoms with Crippen LogP contribution in [-0.4, -0.2) is 70.7 Å². The zero-order valence-corrected chi connectivity index (χ0v) is 19.2. The molecule has 0 saturated carbocycles. The largest absolute Gasteiger partial charge is 0.388 e. The van der Waals surface area contributed by atoms with Crippen LogP contribution in [-0.2, 0) is 0 Å². The minimum Gasteiger partial charge on any atom is -0.388 e. The maximum Gasteiger partial charge on any atom is 0.112 e. The first-order valence-electron chi connectivity index (χ1n) is 11.9. The van der Waals surface area contributed by atoms with Gasteiger partial charge in [0.15, 0.2) is 0 Å². The van der Waals surface area contributed by atoms with E-state index in [2.05, 4.69) is 56.3 Å². The highest BCUT2D eigenvalue weighted by atomic mass is 16.3. The number of benzene rings is 1. The van der Waals surface area contributed by atoms with E-state index in [1.807, 2.05) is 18.2 Å². The molecule has 2 aromatic heterocycles. The number of hydrogen-bond acceptors (Lipinski definition) is 7. The van der Waals surface area contributed by atoms with Crippen molar-refractivity contribution in [3.05, 3.63) is 60.4 Å². The third kappa shape index (κ3) is 4.67. The molecule has 3 aromatic rings. The summed E-state index contributed by atoms with van der Waals surface area (Å²) in [7, 11) is 0. The number of para-hydroxylation sites is 1. The molecule has 1 aromatic carbocycles. The highest BCUT2D eigenvalue weighted by Gasteiger charge is 2.38. The van der Waals surface area contributed by atoms with Crippen molar-refractivity contribution in [2.45, 2.75) is 37.4 Å². The molecule has 1 atom stereocenters. The lowest BCUT2D eigenvalue weighted by Crippen LogP contribution is -2.53. The number of aromatic nitrogens is 2. The van der Waals surface area contributed by atoms with Crippen molar-refractivity contribution in [3.8, 4) is 0 Å². The second-order valence-electron chi connectivity index (χ2n) is 9.70. The predicted octanol–water partition coefficient (Wildman–Crippen LogP) is 2.50. The van der Waals surface area contributed by atoms with E-state index in [4.69, 9.17) is 0 Å². The van der Waals surface area contributed by atoms with Crippen molar-refractivity contribution < 1.29 is 10.2 Å². The fraction of sp³-hybridized carbons (Fsp3) is 0.462. The van der Waals surface area contributed by atoms with Gasteiger partial charge in [0.25, 0.3) is 0 Å². The SMILES string of the molecule is Cc1ccccc1N1CCC(O)(CNC[C@]2(O)CCN(c3ccnc4cccnc34)C2)CC1. The standard InChI is InChI=1S/C26H33N5O2/c1-20-5-2-3-7-22(20)30-14-9-25(32,10-15-30)17-27-18-26(33)11-16-31(19-26)23-8-13-28-21-6-4-12-29-24(21)23/h2-8,12-13,27,32-33H,9-11,14-19H2,1H3/t26-/m1/s1. The number of anilines is 2. The van der Waals surface area contributed by atoms with E-state index in [0.29, 0.717) is 38.9 Å². The highest BCUT2D eigenvalue weighted by Crippen LogP contribution is 2.31. The van der Waals surface area contributed by atoms with Crippen molar-refractivity contribution in [1.82, 2.24) is 15.3 Å². The van der Waals surface area contributed by atoms with Crippen molar-refractivity contribution in [2.24, 2.45) is 0 Å². The molecule has 2 fully saturated rings. The number of rotatable bonds is 6. The third-order valence-corrected chi connectivity index (χ3v) is 7.21. The number of pyridine rings is 2. The normalized spacial score (nSPS) is 22.8. The molecule has 2 aliphatic rings. The molecule has 2 aliphatic heterocycles. The van der Waals surface area contributed by atoms with Crippen LogP contribution in [0.15, 0.2) is 54.9 Å². The lowest BCUT2D eigenvalue weighted by Gasteiger charge is -2.40. The molecular weight excluding hydrogens is 414 g/mol. The van der Waals surface area contributed by atoms with Gasteiger partial charge in [-0.1, -0.05) is 18.2 Å². The van der Waals surface area contributed by atoms with E-state index < -0.39 is 11.2 Å². The van der Waals surface area contributed by atoms with Gasteiger partial charge >= 0.3 is 0 Å². The third-order valence-electron chi connectivity index (χ3n) is 7.21. The van der Waals surface area contributed by atoms with Gasteiger partial charge in [-0.25, -0.2) is 0 Å². The van der Waals surface area contributed by atoms with Crippen LogP contribution in [0.3, 0.4) is 0 Å². The van der Waals surface area contributed by atoms with Crippen LogP contribution in [0.5, 0.6) is 0 Å². The first-order chi connectivity index (χ1) is 15.9. The maximum atomic E-state index is 11.2. The minimum atomic E-state index is -0.831. The van der Waals surface area contributed by atoms with E-state index in [1.54, 1.807) is 12.4 Å². The fourth-order valence-corrected chi connectivity index (χ4v) is 5.21. The first kappa shape index (κ1) is 22.1. The molecule has 4 heterocycles. The Hall–Kier alpha value is -2.74. The van der Waals surface area contributed by atoms with E-state index in [0.717, 1.165) is 36.4 Å².